The van der Waals surface area contributed by atoms with Crippen LogP contribution in [0.25, 0.3) is 0 Å². The van der Waals surface area contributed by atoms with Crippen LogP contribution in [0.1, 0.15) is 17.3 Å². The third-order valence-corrected chi connectivity index (χ3v) is 6.86. The molecule has 172 valence electrons. The van der Waals surface area contributed by atoms with Gasteiger partial charge in [-0.05, 0) is 49.4 Å². The molecule has 1 N–H and O–H groups in total. The van der Waals surface area contributed by atoms with E-state index in [4.69, 9.17) is 27.9 Å². The molecule has 0 aliphatic carbocycles. The normalized spacial score (nSPS) is 11.0. The largest absolute Gasteiger partial charge is 0.452 e. The molecule has 0 radical (unpaired) electrons. The molecule has 0 atom stereocenters. The Morgan fingerprint density at radius 2 is 1.79 bits per heavy atom. The van der Waals surface area contributed by atoms with Gasteiger partial charge in [0.1, 0.15) is 5.82 Å². The number of sulfonamides is 1. The molecule has 0 fully saturated rings. The van der Waals surface area contributed by atoms with Gasteiger partial charge in [0.2, 0.25) is 0 Å². The van der Waals surface area contributed by atoms with Crippen molar-refractivity contribution >= 4 is 56.6 Å². The Morgan fingerprint density at radius 3 is 2.42 bits per heavy atom. The molecule has 0 spiro atoms. The number of anilines is 2. The molecule has 8 nitrogen and oxygen atoms in total. The number of hydrogen-bond acceptors (Lipinski definition) is 6. The maximum absolute atomic E-state index is 13.2. The highest BCUT2D eigenvalue weighted by Crippen LogP contribution is 2.27. The van der Waals surface area contributed by atoms with Gasteiger partial charge in [0, 0.05) is 12.7 Å². The second-order valence-corrected chi connectivity index (χ2v) is 9.34. The Balaban J connectivity index is 1.75. The highest BCUT2D eigenvalue weighted by molar-refractivity contribution is 7.92. The first-order valence-corrected chi connectivity index (χ1v) is 11.9. The topological polar surface area (TPSA) is 106 Å². The molecular weight excluding hydrogens is 489 g/mol. The summed E-state index contributed by atoms with van der Waals surface area (Å²) in [5.74, 6) is -1.36. The van der Waals surface area contributed by atoms with Crippen molar-refractivity contribution in [1.29, 1.82) is 0 Å². The number of nitrogens with one attached hydrogen (secondary N) is 1. The lowest BCUT2D eigenvalue weighted by Crippen LogP contribution is -2.31. The van der Waals surface area contributed by atoms with Crippen LogP contribution in [0, 0.1) is 0 Å². The number of esters is 1. The molecule has 33 heavy (non-hydrogen) atoms. The Hall–Kier alpha value is -3.14. The van der Waals surface area contributed by atoms with E-state index in [0.717, 1.165) is 6.07 Å². The van der Waals surface area contributed by atoms with E-state index in [1.807, 2.05) is 0 Å². The second kappa shape index (κ2) is 10.7. The van der Waals surface area contributed by atoms with Gasteiger partial charge in [-0.25, -0.2) is 18.2 Å². The van der Waals surface area contributed by atoms with Crippen LogP contribution < -0.4 is 9.62 Å². The van der Waals surface area contributed by atoms with Crippen molar-refractivity contribution in [2.75, 3.05) is 22.8 Å². The smallest absolute Gasteiger partial charge is 0.340 e. The number of ether oxygens (including phenoxy) is 1. The molecule has 0 aliphatic rings. The van der Waals surface area contributed by atoms with Gasteiger partial charge in [0.05, 0.1) is 26.2 Å². The van der Waals surface area contributed by atoms with Crippen LogP contribution in [-0.4, -0.2) is 38.4 Å². The maximum atomic E-state index is 13.2. The van der Waals surface area contributed by atoms with E-state index < -0.39 is 28.5 Å². The third-order valence-electron chi connectivity index (χ3n) is 4.41. The van der Waals surface area contributed by atoms with Crippen molar-refractivity contribution < 1.29 is 22.7 Å². The van der Waals surface area contributed by atoms with Gasteiger partial charge in [-0.2, -0.15) is 0 Å². The van der Waals surface area contributed by atoms with E-state index >= 15 is 0 Å². The number of pyridine rings is 1. The number of aromatic nitrogens is 1. The Labute approximate surface area is 201 Å². The van der Waals surface area contributed by atoms with E-state index in [-0.39, 0.29) is 27.8 Å². The predicted octanol–water partition coefficient (Wildman–Crippen LogP) is 4.40. The van der Waals surface area contributed by atoms with Gasteiger partial charge in [-0.15, -0.1) is 0 Å². The average Bonchev–Trinajstić information content (AvgIpc) is 2.80. The molecule has 0 bridgehead atoms. The average molecular weight is 508 g/mol. The van der Waals surface area contributed by atoms with E-state index in [1.54, 1.807) is 37.3 Å². The quantitative estimate of drug-likeness (QED) is 0.453. The minimum atomic E-state index is -3.98. The second-order valence-electron chi connectivity index (χ2n) is 6.63. The summed E-state index contributed by atoms with van der Waals surface area (Å²) >= 11 is 11.8. The Bertz CT molecular complexity index is 1250. The van der Waals surface area contributed by atoms with Crippen LogP contribution in [0.3, 0.4) is 0 Å². The number of benzene rings is 2. The Kier molecular flexibility index (Phi) is 7.91. The van der Waals surface area contributed by atoms with Gasteiger partial charge in [-0.3, -0.25) is 9.10 Å². The lowest BCUT2D eigenvalue weighted by atomic mass is 10.2. The zero-order valence-electron chi connectivity index (χ0n) is 17.4. The molecule has 0 aliphatic heterocycles. The minimum Gasteiger partial charge on any atom is -0.452 e. The minimum absolute atomic E-state index is 0.0125. The number of nitrogens with zero attached hydrogens (tertiary/aromatic N) is 2. The molecule has 0 unspecified atom stereocenters. The number of amides is 1. The van der Waals surface area contributed by atoms with Crippen molar-refractivity contribution in [3.63, 3.8) is 0 Å². The lowest BCUT2D eigenvalue weighted by Gasteiger charge is -2.23. The fraction of sp³-hybridized carbons (Fsp3) is 0.136. The van der Waals surface area contributed by atoms with Crippen molar-refractivity contribution in [3.8, 4) is 0 Å². The van der Waals surface area contributed by atoms with Gasteiger partial charge in [-0.1, -0.05) is 41.4 Å². The fourth-order valence-electron chi connectivity index (χ4n) is 2.87. The van der Waals surface area contributed by atoms with Crippen molar-refractivity contribution in [2.45, 2.75) is 11.8 Å². The fourth-order valence-corrected chi connectivity index (χ4v) is 4.68. The summed E-state index contributed by atoms with van der Waals surface area (Å²) in [7, 11) is -3.98. The van der Waals surface area contributed by atoms with Crippen molar-refractivity contribution in [2.24, 2.45) is 0 Å². The molecule has 1 heterocycles. The van der Waals surface area contributed by atoms with E-state index in [2.05, 4.69) is 10.3 Å². The monoisotopic (exact) mass is 507 g/mol. The molecule has 1 aromatic heterocycles. The molecule has 0 saturated heterocycles. The van der Waals surface area contributed by atoms with Crippen LogP contribution in [0.5, 0.6) is 0 Å². The number of hydrogen-bond donors (Lipinski definition) is 1. The van der Waals surface area contributed by atoms with Crippen LogP contribution in [0.4, 0.5) is 11.5 Å². The summed E-state index contributed by atoms with van der Waals surface area (Å²) in [6.07, 6.45) is 1.35. The third kappa shape index (κ3) is 6.01. The van der Waals surface area contributed by atoms with Gasteiger partial charge in [0.15, 0.2) is 6.61 Å². The first kappa shape index (κ1) is 24.5. The van der Waals surface area contributed by atoms with Crippen LogP contribution in [0.15, 0.2) is 71.8 Å². The van der Waals surface area contributed by atoms with Gasteiger partial charge >= 0.3 is 5.97 Å². The molecule has 0 saturated carbocycles. The number of carbonyl (C=O) groups excluding carboxylic acids is 2. The predicted molar refractivity (Wildman–Crippen MR) is 126 cm³/mol. The number of carbonyl (C=O) groups is 2. The summed E-state index contributed by atoms with van der Waals surface area (Å²) in [6, 6.07) is 15.3. The van der Waals surface area contributed by atoms with Crippen molar-refractivity contribution in [3.05, 3.63) is 82.5 Å². The molecular formula is C22H19Cl2N3O5S. The zero-order valence-corrected chi connectivity index (χ0v) is 19.7. The van der Waals surface area contributed by atoms with Gasteiger partial charge < -0.3 is 10.1 Å². The highest BCUT2D eigenvalue weighted by Gasteiger charge is 2.26. The van der Waals surface area contributed by atoms with Crippen LogP contribution >= 0.6 is 23.2 Å². The Morgan fingerprint density at radius 1 is 1.06 bits per heavy atom. The SMILES string of the molecule is CCN(c1ccccc1)S(=O)(=O)c1ccc(Cl)c(C(=O)OCC(=O)Nc2ccc(Cl)cn2)c1. The summed E-state index contributed by atoms with van der Waals surface area (Å²) in [5.41, 5.74) is 0.297. The van der Waals surface area contributed by atoms with E-state index in [1.165, 1.54) is 34.8 Å². The van der Waals surface area contributed by atoms with E-state index in [0.29, 0.717) is 10.7 Å². The summed E-state index contributed by atoms with van der Waals surface area (Å²) in [5, 5.41) is 2.83. The van der Waals surface area contributed by atoms with Gasteiger partial charge in [0.25, 0.3) is 15.9 Å². The first-order chi connectivity index (χ1) is 15.7. The number of halogens is 2. The van der Waals surface area contributed by atoms with Crippen LogP contribution in [-0.2, 0) is 19.6 Å². The molecule has 3 rings (SSSR count). The first-order valence-electron chi connectivity index (χ1n) is 9.68. The molecule has 3 aromatic rings. The standard InChI is InChI=1S/C22H19Cl2N3O5S/c1-2-27(16-6-4-3-5-7-16)33(30,31)17-9-10-19(24)18(12-17)22(29)32-14-21(28)26-20-11-8-15(23)13-25-20/h3-13H,2,14H2,1H3,(H,25,26,28). The number of rotatable bonds is 8. The number of para-hydroxylation sites is 1. The highest BCUT2D eigenvalue weighted by atomic mass is 35.5. The summed E-state index contributed by atoms with van der Waals surface area (Å²) < 4.78 is 32.6. The van der Waals surface area contributed by atoms with Crippen molar-refractivity contribution in [1.82, 2.24) is 4.98 Å². The molecule has 2 aromatic carbocycles. The lowest BCUT2D eigenvalue weighted by molar-refractivity contribution is -0.119. The molecule has 1 amide bonds. The maximum Gasteiger partial charge on any atom is 0.340 e. The van der Waals surface area contributed by atoms with Crippen LogP contribution in [0.2, 0.25) is 10.0 Å². The van der Waals surface area contributed by atoms with E-state index in [9.17, 15) is 18.0 Å². The summed E-state index contributed by atoms with van der Waals surface area (Å²) in [4.78, 5) is 28.3. The zero-order chi connectivity index (χ0) is 24.0. The summed E-state index contributed by atoms with van der Waals surface area (Å²) in [6.45, 7) is 1.25. The molecule has 11 heteroatoms.